The van der Waals surface area contributed by atoms with Crippen molar-refractivity contribution in [2.45, 2.75) is 24.3 Å². The first-order valence-corrected chi connectivity index (χ1v) is 6.79. The number of carbonyl (C=O) groups excluding carboxylic acids is 1. The Hall–Kier alpha value is -1.54. The summed E-state index contributed by atoms with van der Waals surface area (Å²) >= 11 is 0. The maximum absolute atomic E-state index is 13.4. The topological polar surface area (TPSA) is 72.5 Å². The number of esters is 1. The summed E-state index contributed by atoms with van der Waals surface area (Å²) in [6.45, 7) is 1.38. The lowest BCUT2D eigenvalue weighted by Gasteiger charge is -2.13. The van der Waals surface area contributed by atoms with Gasteiger partial charge in [0.1, 0.15) is 11.6 Å². The number of hydrogen-bond donors (Lipinski definition) is 1. The third-order valence-electron chi connectivity index (χ3n) is 2.24. The molecule has 1 rings (SSSR count). The van der Waals surface area contributed by atoms with E-state index in [0.717, 1.165) is 25.3 Å². The van der Waals surface area contributed by atoms with Crippen molar-refractivity contribution in [2.24, 2.45) is 0 Å². The van der Waals surface area contributed by atoms with Gasteiger partial charge in [0.05, 0.1) is 13.5 Å². The van der Waals surface area contributed by atoms with E-state index in [4.69, 9.17) is 0 Å². The molecule has 0 aliphatic heterocycles. The summed E-state index contributed by atoms with van der Waals surface area (Å²) in [5, 5.41) is 0. The summed E-state index contributed by atoms with van der Waals surface area (Å²) in [4.78, 5) is 9.91. The Morgan fingerprint density at radius 2 is 1.89 bits per heavy atom. The van der Waals surface area contributed by atoms with E-state index in [1.54, 1.807) is 0 Å². The van der Waals surface area contributed by atoms with Gasteiger partial charge in [0.15, 0.2) is 4.90 Å². The van der Waals surface area contributed by atoms with Crippen LogP contribution in [0.2, 0.25) is 0 Å². The highest BCUT2D eigenvalue weighted by molar-refractivity contribution is 7.89. The summed E-state index contributed by atoms with van der Waals surface area (Å²) < 4.78 is 56.7. The third-order valence-corrected chi connectivity index (χ3v) is 3.88. The van der Waals surface area contributed by atoms with E-state index in [0.29, 0.717) is 0 Å². The summed E-state index contributed by atoms with van der Waals surface area (Å²) in [5.74, 6) is -3.03. The van der Waals surface area contributed by atoms with E-state index in [-0.39, 0.29) is 6.42 Å². The molecule has 1 atom stereocenters. The molecule has 19 heavy (non-hydrogen) atoms. The van der Waals surface area contributed by atoms with Gasteiger partial charge in [-0.1, -0.05) is 6.07 Å². The molecule has 0 aromatic heterocycles. The lowest BCUT2D eigenvalue weighted by atomic mass is 10.3. The molecule has 1 aromatic carbocycles. The van der Waals surface area contributed by atoms with Crippen molar-refractivity contribution in [3.63, 3.8) is 0 Å². The largest absolute Gasteiger partial charge is 0.469 e. The molecule has 5 nitrogen and oxygen atoms in total. The van der Waals surface area contributed by atoms with Crippen LogP contribution in [0.1, 0.15) is 13.3 Å². The maximum atomic E-state index is 13.4. The molecular weight excluding hydrogens is 280 g/mol. The molecule has 1 unspecified atom stereocenters. The van der Waals surface area contributed by atoms with Crippen LogP contribution in [0.4, 0.5) is 8.78 Å². The van der Waals surface area contributed by atoms with Crippen LogP contribution in [0.15, 0.2) is 23.1 Å². The Kier molecular flexibility index (Phi) is 4.96. The fraction of sp³-hybridized carbons (Fsp3) is 0.364. The Balaban J connectivity index is 2.96. The Labute approximate surface area is 109 Å². The van der Waals surface area contributed by atoms with Gasteiger partial charge < -0.3 is 4.74 Å². The van der Waals surface area contributed by atoms with E-state index in [9.17, 15) is 22.0 Å². The Bertz CT molecular complexity index is 554. The van der Waals surface area contributed by atoms with E-state index in [1.165, 1.54) is 6.92 Å². The number of methoxy groups -OCH3 is 1. The van der Waals surface area contributed by atoms with Crippen molar-refractivity contribution < 1.29 is 26.7 Å². The number of ether oxygens (including phenoxy) is 1. The molecule has 0 saturated heterocycles. The predicted octanol–water partition coefficient (Wildman–Crippen LogP) is 1.19. The van der Waals surface area contributed by atoms with Crippen molar-refractivity contribution in [3.05, 3.63) is 29.8 Å². The number of rotatable bonds is 5. The quantitative estimate of drug-likeness (QED) is 0.828. The zero-order valence-electron chi connectivity index (χ0n) is 10.3. The lowest BCUT2D eigenvalue weighted by molar-refractivity contribution is -0.140. The molecule has 0 heterocycles. The van der Waals surface area contributed by atoms with Crippen LogP contribution >= 0.6 is 0 Å². The van der Waals surface area contributed by atoms with Crippen molar-refractivity contribution >= 4 is 16.0 Å². The zero-order valence-corrected chi connectivity index (χ0v) is 11.1. The van der Waals surface area contributed by atoms with Crippen LogP contribution in [0.25, 0.3) is 0 Å². The highest BCUT2D eigenvalue weighted by Crippen LogP contribution is 2.18. The molecule has 1 N–H and O–H groups in total. The number of carbonyl (C=O) groups is 1. The molecule has 0 spiro atoms. The monoisotopic (exact) mass is 293 g/mol. The van der Waals surface area contributed by atoms with Gasteiger partial charge in [-0.3, -0.25) is 4.79 Å². The van der Waals surface area contributed by atoms with Crippen LogP contribution in [0.3, 0.4) is 0 Å². The molecule has 0 radical (unpaired) electrons. The normalized spacial score (nSPS) is 13.1. The van der Waals surface area contributed by atoms with Gasteiger partial charge in [0.2, 0.25) is 10.0 Å². The molecule has 0 aliphatic rings. The molecule has 0 aliphatic carbocycles. The molecular formula is C11H13F2NO4S. The highest BCUT2D eigenvalue weighted by Gasteiger charge is 2.26. The van der Waals surface area contributed by atoms with Crippen molar-refractivity contribution in [1.82, 2.24) is 4.72 Å². The number of benzene rings is 1. The maximum Gasteiger partial charge on any atom is 0.307 e. The molecule has 0 saturated carbocycles. The van der Waals surface area contributed by atoms with Crippen LogP contribution < -0.4 is 4.72 Å². The summed E-state index contributed by atoms with van der Waals surface area (Å²) in [6.07, 6.45) is -0.244. The second-order valence-electron chi connectivity index (χ2n) is 3.85. The zero-order chi connectivity index (χ0) is 14.6. The lowest BCUT2D eigenvalue weighted by Crippen LogP contribution is -2.35. The average Bonchev–Trinajstić information content (AvgIpc) is 2.26. The molecule has 0 amide bonds. The molecule has 0 fully saturated rings. The minimum atomic E-state index is -4.38. The number of hydrogen-bond acceptors (Lipinski definition) is 4. The Morgan fingerprint density at radius 3 is 2.37 bits per heavy atom. The second-order valence-corrected chi connectivity index (χ2v) is 5.50. The second kappa shape index (κ2) is 6.07. The van der Waals surface area contributed by atoms with E-state index in [1.807, 2.05) is 4.72 Å². The van der Waals surface area contributed by atoms with Crippen LogP contribution in [-0.4, -0.2) is 27.5 Å². The van der Waals surface area contributed by atoms with E-state index < -0.39 is 38.6 Å². The molecule has 1 aromatic rings. The first-order chi connectivity index (χ1) is 8.77. The van der Waals surface area contributed by atoms with Crippen molar-refractivity contribution in [2.75, 3.05) is 7.11 Å². The number of sulfonamides is 1. The van der Waals surface area contributed by atoms with E-state index in [2.05, 4.69) is 4.74 Å². The van der Waals surface area contributed by atoms with Gasteiger partial charge in [-0.25, -0.2) is 21.9 Å². The Morgan fingerprint density at radius 1 is 1.37 bits per heavy atom. The highest BCUT2D eigenvalue weighted by atomic mass is 32.2. The average molecular weight is 293 g/mol. The van der Waals surface area contributed by atoms with Gasteiger partial charge in [0.25, 0.3) is 0 Å². The summed E-state index contributed by atoms with van der Waals surface area (Å²) in [5.41, 5.74) is 0. The number of nitrogens with one attached hydrogen (secondary N) is 1. The fourth-order valence-electron chi connectivity index (χ4n) is 1.44. The SMILES string of the molecule is COC(=O)CC(C)NS(=O)(=O)c1c(F)cccc1F. The predicted molar refractivity (Wildman–Crippen MR) is 62.8 cm³/mol. The molecule has 106 valence electrons. The molecule has 8 heteroatoms. The van der Waals surface area contributed by atoms with Crippen molar-refractivity contribution in [3.8, 4) is 0 Å². The fourth-order valence-corrected chi connectivity index (χ4v) is 2.82. The summed E-state index contributed by atoms with van der Waals surface area (Å²) in [6, 6.07) is 1.88. The van der Waals surface area contributed by atoms with Crippen molar-refractivity contribution in [1.29, 1.82) is 0 Å². The van der Waals surface area contributed by atoms with E-state index >= 15 is 0 Å². The standard InChI is InChI=1S/C11H13F2NO4S/c1-7(6-10(15)18-2)14-19(16,17)11-8(12)4-3-5-9(11)13/h3-5,7,14H,6H2,1-2H3. The van der Waals surface area contributed by atoms with Gasteiger partial charge in [0, 0.05) is 6.04 Å². The smallest absolute Gasteiger partial charge is 0.307 e. The van der Waals surface area contributed by atoms with Gasteiger partial charge in [-0.05, 0) is 19.1 Å². The van der Waals surface area contributed by atoms with Gasteiger partial charge >= 0.3 is 5.97 Å². The number of halogens is 2. The van der Waals surface area contributed by atoms with Crippen LogP contribution in [0, 0.1) is 11.6 Å². The van der Waals surface area contributed by atoms with Gasteiger partial charge in [-0.2, -0.15) is 0 Å². The van der Waals surface area contributed by atoms with Crippen LogP contribution in [0.5, 0.6) is 0 Å². The minimum Gasteiger partial charge on any atom is -0.469 e. The minimum absolute atomic E-state index is 0.244. The first-order valence-electron chi connectivity index (χ1n) is 5.31. The van der Waals surface area contributed by atoms with Crippen LogP contribution in [-0.2, 0) is 19.6 Å². The molecule has 0 bridgehead atoms. The third kappa shape index (κ3) is 3.97. The first kappa shape index (κ1) is 15.5. The van der Waals surface area contributed by atoms with Gasteiger partial charge in [-0.15, -0.1) is 0 Å². The summed E-state index contributed by atoms with van der Waals surface area (Å²) in [7, 11) is -3.23.